The first-order chi connectivity index (χ1) is 14.6. The lowest BCUT2D eigenvalue weighted by Crippen LogP contribution is -2.13. The molecule has 4 nitrogen and oxygen atoms in total. The summed E-state index contributed by atoms with van der Waals surface area (Å²) >= 11 is 0. The summed E-state index contributed by atoms with van der Waals surface area (Å²) in [6.45, 7) is 1.87. The van der Waals surface area contributed by atoms with E-state index in [4.69, 9.17) is 8.83 Å². The Balaban J connectivity index is 1.74. The summed E-state index contributed by atoms with van der Waals surface area (Å²) in [5.74, 6) is -0.142. The monoisotopic (exact) mass is 394 g/mol. The lowest BCUT2D eigenvalue weighted by atomic mass is 9.88. The standard InChI is InChI=1S/C26H18O4/c1-16-14-23(27)30-26-19(16)12-13-21-20(26)15-22(29-21)24(17-8-4-2-5-9-17)25(28)18-10-6-3-7-11-18/h2-15,24H,1H3. The molecule has 0 aliphatic heterocycles. The third-order valence-corrected chi connectivity index (χ3v) is 5.37. The molecule has 0 radical (unpaired) electrons. The van der Waals surface area contributed by atoms with E-state index in [1.54, 1.807) is 12.1 Å². The van der Waals surface area contributed by atoms with Gasteiger partial charge in [0.15, 0.2) is 5.78 Å². The summed E-state index contributed by atoms with van der Waals surface area (Å²) in [5, 5.41) is 1.53. The molecule has 0 bridgehead atoms. The fourth-order valence-electron chi connectivity index (χ4n) is 3.91. The van der Waals surface area contributed by atoms with Gasteiger partial charge in [0.2, 0.25) is 0 Å². The summed E-state index contributed by atoms with van der Waals surface area (Å²) < 4.78 is 11.6. The number of carbonyl (C=O) groups is 1. The largest absolute Gasteiger partial charge is 0.460 e. The number of hydrogen-bond donors (Lipinski definition) is 0. The van der Waals surface area contributed by atoms with E-state index < -0.39 is 11.5 Å². The fourth-order valence-corrected chi connectivity index (χ4v) is 3.91. The van der Waals surface area contributed by atoms with Crippen LogP contribution >= 0.6 is 0 Å². The Kier molecular flexibility index (Phi) is 4.32. The number of carbonyl (C=O) groups excluding carboxylic acids is 1. The van der Waals surface area contributed by atoms with Crippen molar-refractivity contribution >= 4 is 27.7 Å². The zero-order valence-corrected chi connectivity index (χ0v) is 16.3. The maximum absolute atomic E-state index is 13.5. The van der Waals surface area contributed by atoms with Gasteiger partial charge < -0.3 is 8.83 Å². The van der Waals surface area contributed by atoms with Gasteiger partial charge in [0.05, 0.1) is 5.39 Å². The number of fused-ring (bicyclic) bond motifs is 3. The predicted molar refractivity (Wildman–Crippen MR) is 116 cm³/mol. The third-order valence-electron chi connectivity index (χ3n) is 5.37. The highest BCUT2D eigenvalue weighted by atomic mass is 16.4. The smallest absolute Gasteiger partial charge is 0.336 e. The van der Waals surface area contributed by atoms with Gasteiger partial charge in [-0.1, -0.05) is 60.7 Å². The van der Waals surface area contributed by atoms with Gasteiger partial charge in [-0.3, -0.25) is 4.79 Å². The zero-order chi connectivity index (χ0) is 20.7. The Morgan fingerprint density at radius 3 is 2.23 bits per heavy atom. The summed E-state index contributed by atoms with van der Waals surface area (Å²) in [6, 6.07) is 25.8. The van der Waals surface area contributed by atoms with E-state index >= 15 is 0 Å². The van der Waals surface area contributed by atoms with Crippen molar-refractivity contribution in [3.63, 3.8) is 0 Å². The Morgan fingerprint density at radius 2 is 1.50 bits per heavy atom. The van der Waals surface area contributed by atoms with Crippen LogP contribution in [0.15, 0.2) is 98.6 Å². The van der Waals surface area contributed by atoms with Crippen LogP contribution in [0, 0.1) is 6.92 Å². The highest BCUT2D eigenvalue weighted by molar-refractivity contribution is 6.06. The van der Waals surface area contributed by atoms with Crippen molar-refractivity contribution in [2.45, 2.75) is 12.8 Å². The second-order valence-corrected chi connectivity index (χ2v) is 7.33. The maximum atomic E-state index is 13.5. The number of rotatable bonds is 4. The average Bonchev–Trinajstić information content (AvgIpc) is 3.19. The SMILES string of the molecule is Cc1cc(=O)oc2c1ccc1oc(C(C(=O)c3ccccc3)c3ccccc3)cc12. The minimum atomic E-state index is -0.604. The van der Waals surface area contributed by atoms with Crippen LogP contribution in [0.2, 0.25) is 0 Å². The van der Waals surface area contributed by atoms with Crippen LogP contribution in [-0.4, -0.2) is 5.78 Å². The Morgan fingerprint density at radius 1 is 0.800 bits per heavy atom. The third kappa shape index (κ3) is 3.03. The van der Waals surface area contributed by atoms with Gasteiger partial charge in [0.25, 0.3) is 0 Å². The molecule has 0 spiro atoms. The molecule has 0 fully saturated rings. The normalized spacial score (nSPS) is 12.3. The second-order valence-electron chi connectivity index (χ2n) is 7.33. The summed E-state index contributed by atoms with van der Waals surface area (Å²) in [7, 11) is 0. The van der Waals surface area contributed by atoms with Crippen molar-refractivity contribution in [2.24, 2.45) is 0 Å². The lowest BCUT2D eigenvalue weighted by molar-refractivity contribution is 0.0966. The molecule has 2 aromatic heterocycles. The minimum Gasteiger partial charge on any atom is -0.460 e. The Labute approximate surface area is 172 Å². The molecule has 4 heteroatoms. The summed E-state index contributed by atoms with van der Waals surface area (Å²) in [4.78, 5) is 25.4. The molecule has 0 saturated heterocycles. The van der Waals surface area contributed by atoms with Crippen LogP contribution in [0.5, 0.6) is 0 Å². The van der Waals surface area contributed by atoms with Crippen molar-refractivity contribution < 1.29 is 13.6 Å². The first-order valence-corrected chi connectivity index (χ1v) is 9.73. The molecular weight excluding hydrogens is 376 g/mol. The van der Waals surface area contributed by atoms with Crippen molar-refractivity contribution in [2.75, 3.05) is 0 Å². The molecule has 3 aromatic carbocycles. The summed E-state index contributed by atoms with van der Waals surface area (Å²) in [5.41, 5.74) is 2.94. The molecule has 0 N–H and O–H groups in total. The van der Waals surface area contributed by atoms with E-state index in [2.05, 4.69) is 0 Å². The number of hydrogen-bond acceptors (Lipinski definition) is 4. The lowest BCUT2D eigenvalue weighted by Gasteiger charge is -2.14. The Hall–Kier alpha value is -3.92. The zero-order valence-electron chi connectivity index (χ0n) is 16.3. The molecule has 5 aromatic rings. The van der Waals surface area contributed by atoms with Crippen molar-refractivity contribution in [1.82, 2.24) is 0 Å². The molecular formula is C26H18O4. The number of benzene rings is 3. The highest BCUT2D eigenvalue weighted by Crippen LogP contribution is 2.35. The quantitative estimate of drug-likeness (QED) is 0.283. The van der Waals surface area contributed by atoms with E-state index in [0.717, 1.165) is 16.5 Å². The number of furan rings is 1. The first-order valence-electron chi connectivity index (χ1n) is 9.73. The molecule has 5 rings (SSSR count). The van der Waals surface area contributed by atoms with Crippen molar-refractivity contribution in [3.05, 3.63) is 118 Å². The van der Waals surface area contributed by atoms with Crippen molar-refractivity contribution in [1.29, 1.82) is 0 Å². The molecule has 0 amide bonds. The van der Waals surface area contributed by atoms with Gasteiger partial charge in [0, 0.05) is 17.0 Å². The van der Waals surface area contributed by atoms with Crippen LogP contribution in [-0.2, 0) is 0 Å². The number of aryl methyl sites for hydroxylation is 1. The van der Waals surface area contributed by atoms with Gasteiger partial charge in [-0.05, 0) is 36.2 Å². The van der Waals surface area contributed by atoms with Gasteiger partial charge >= 0.3 is 5.63 Å². The molecule has 30 heavy (non-hydrogen) atoms. The topological polar surface area (TPSA) is 60.4 Å². The van der Waals surface area contributed by atoms with Gasteiger partial charge in [-0.25, -0.2) is 4.79 Å². The van der Waals surface area contributed by atoms with Crippen LogP contribution in [0.3, 0.4) is 0 Å². The Bertz CT molecular complexity index is 1430. The van der Waals surface area contributed by atoms with E-state index in [9.17, 15) is 9.59 Å². The first kappa shape index (κ1) is 18.1. The molecule has 1 unspecified atom stereocenters. The molecule has 1 atom stereocenters. The number of ketones is 1. The van der Waals surface area contributed by atoms with Crippen LogP contribution in [0.25, 0.3) is 21.9 Å². The van der Waals surface area contributed by atoms with Gasteiger partial charge in [0.1, 0.15) is 22.8 Å². The van der Waals surface area contributed by atoms with Gasteiger partial charge in [-0.15, -0.1) is 0 Å². The molecule has 0 aliphatic carbocycles. The van der Waals surface area contributed by atoms with Crippen LogP contribution < -0.4 is 5.63 Å². The van der Waals surface area contributed by atoms with Crippen molar-refractivity contribution in [3.8, 4) is 0 Å². The van der Waals surface area contributed by atoms with E-state index in [1.165, 1.54) is 6.07 Å². The molecule has 0 saturated carbocycles. The molecule has 0 aliphatic rings. The second kappa shape index (κ2) is 7.16. The van der Waals surface area contributed by atoms with Crippen LogP contribution in [0.4, 0.5) is 0 Å². The highest BCUT2D eigenvalue weighted by Gasteiger charge is 2.28. The van der Waals surface area contributed by atoms with E-state index in [1.807, 2.05) is 73.7 Å². The summed E-state index contributed by atoms with van der Waals surface area (Å²) in [6.07, 6.45) is 0. The predicted octanol–water partition coefficient (Wildman–Crippen LogP) is 5.86. The molecule has 2 heterocycles. The minimum absolute atomic E-state index is 0.0530. The number of Topliss-reactive ketones (excluding diaryl/α,β-unsaturated/α-hetero) is 1. The van der Waals surface area contributed by atoms with E-state index in [0.29, 0.717) is 27.9 Å². The van der Waals surface area contributed by atoms with Gasteiger partial charge in [-0.2, -0.15) is 0 Å². The fraction of sp³-hybridized carbons (Fsp3) is 0.0769. The average molecular weight is 394 g/mol. The van der Waals surface area contributed by atoms with E-state index in [-0.39, 0.29) is 5.78 Å². The maximum Gasteiger partial charge on any atom is 0.336 e. The molecule has 146 valence electrons. The van der Waals surface area contributed by atoms with Crippen LogP contribution in [0.1, 0.15) is 33.2 Å².